The lowest BCUT2D eigenvalue weighted by molar-refractivity contribution is -0.172. The van der Waals surface area contributed by atoms with Gasteiger partial charge in [0.1, 0.15) is 4.88 Å². The number of imide groups is 1. The van der Waals surface area contributed by atoms with Crippen LogP contribution in [0.5, 0.6) is 0 Å². The molecule has 8 heteroatoms. The van der Waals surface area contributed by atoms with E-state index in [-0.39, 0.29) is 29.3 Å². The van der Waals surface area contributed by atoms with E-state index in [9.17, 15) is 19.2 Å². The summed E-state index contributed by atoms with van der Waals surface area (Å²) < 4.78 is 0. The number of hydrogen-bond acceptors (Lipinski definition) is 6. The Hall–Kier alpha value is -2.22. The van der Waals surface area contributed by atoms with Gasteiger partial charge in [-0.3, -0.25) is 14.4 Å². The number of nitrogens with one attached hydrogen (secondary N) is 1. The maximum Gasteiger partial charge on any atom is 0.374 e. The SMILES string of the molecule is CC(C)NC(=O)c1ccsc1C(=O)ON1C(=O)CCC1=O. The molecule has 7 nitrogen and oxygen atoms in total. The molecule has 2 rings (SSSR count). The van der Waals surface area contributed by atoms with Gasteiger partial charge in [-0.2, -0.15) is 0 Å². The van der Waals surface area contributed by atoms with Crippen molar-refractivity contribution in [2.24, 2.45) is 0 Å². The van der Waals surface area contributed by atoms with E-state index in [4.69, 9.17) is 4.84 Å². The van der Waals surface area contributed by atoms with Crippen molar-refractivity contribution in [3.8, 4) is 0 Å². The predicted octanol–water partition coefficient (Wildman–Crippen LogP) is 1.11. The number of hydrogen-bond donors (Lipinski definition) is 1. The van der Waals surface area contributed by atoms with Crippen molar-refractivity contribution in [1.29, 1.82) is 0 Å². The molecule has 1 aromatic heterocycles. The Morgan fingerprint density at radius 1 is 1.29 bits per heavy atom. The Balaban J connectivity index is 2.13. The van der Waals surface area contributed by atoms with Gasteiger partial charge in [0.15, 0.2) is 0 Å². The summed E-state index contributed by atoms with van der Waals surface area (Å²) in [6.45, 7) is 3.59. The first-order valence-electron chi connectivity index (χ1n) is 6.36. The molecule has 3 amide bonds. The molecule has 0 saturated carbocycles. The third-order valence-corrected chi connectivity index (χ3v) is 3.59. The maximum absolute atomic E-state index is 12.0. The van der Waals surface area contributed by atoms with Gasteiger partial charge < -0.3 is 10.2 Å². The van der Waals surface area contributed by atoms with Crippen molar-refractivity contribution in [2.45, 2.75) is 32.7 Å². The summed E-state index contributed by atoms with van der Waals surface area (Å²) in [5.41, 5.74) is 0.165. The average Bonchev–Trinajstić information content (AvgIpc) is 3.00. The number of rotatable bonds is 4. The number of nitrogens with zero attached hydrogens (tertiary/aromatic N) is 1. The van der Waals surface area contributed by atoms with Gasteiger partial charge in [-0.25, -0.2) is 4.79 Å². The van der Waals surface area contributed by atoms with Crippen LogP contribution < -0.4 is 5.32 Å². The maximum atomic E-state index is 12.0. The number of thiophene rings is 1. The molecule has 0 unspecified atom stereocenters. The van der Waals surface area contributed by atoms with Crippen LogP contribution in [0.4, 0.5) is 0 Å². The molecule has 1 fully saturated rings. The van der Waals surface area contributed by atoms with Crippen molar-refractivity contribution in [2.75, 3.05) is 0 Å². The minimum absolute atomic E-state index is 0.0250. The first-order chi connectivity index (χ1) is 9.90. The Bertz CT molecular complexity index is 591. The minimum atomic E-state index is -0.887. The molecule has 112 valence electrons. The predicted molar refractivity (Wildman–Crippen MR) is 73.4 cm³/mol. The first-order valence-corrected chi connectivity index (χ1v) is 7.24. The standard InChI is InChI=1S/C13H14N2O5S/c1-7(2)14-12(18)8-5-6-21-11(8)13(19)20-15-9(16)3-4-10(15)17/h5-7H,3-4H2,1-2H3,(H,14,18). The van der Waals surface area contributed by atoms with Gasteiger partial charge in [0, 0.05) is 18.9 Å². The van der Waals surface area contributed by atoms with E-state index in [0.717, 1.165) is 11.3 Å². The molecule has 1 aromatic rings. The van der Waals surface area contributed by atoms with Crippen LogP contribution in [0.3, 0.4) is 0 Å². The summed E-state index contributed by atoms with van der Waals surface area (Å²) >= 11 is 1.01. The van der Waals surface area contributed by atoms with Crippen LogP contribution in [0.2, 0.25) is 0 Å². The third-order valence-electron chi connectivity index (χ3n) is 2.69. The zero-order valence-electron chi connectivity index (χ0n) is 11.5. The van der Waals surface area contributed by atoms with Gasteiger partial charge in [-0.15, -0.1) is 16.4 Å². The van der Waals surface area contributed by atoms with Gasteiger partial charge in [-0.05, 0) is 25.3 Å². The van der Waals surface area contributed by atoms with Crippen LogP contribution in [0.15, 0.2) is 11.4 Å². The third kappa shape index (κ3) is 3.27. The monoisotopic (exact) mass is 310 g/mol. The Morgan fingerprint density at radius 3 is 2.48 bits per heavy atom. The van der Waals surface area contributed by atoms with Gasteiger partial charge in [0.25, 0.3) is 17.7 Å². The fraction of sp³-hybridized carbons (Fsp3) is 0.385. The summed E-state index contributed by atoms with van der Waals surface area (Å²) in [6, 6.07) is 1.41. The molecule has 0 radical (unpaired) electrons. The molecule has 1 aliphatic heterocycles. The summed E-state index contributed by atoms with van der Waals surface area (Å²) in [4.78, 5) is 51.6. The second-order valence-corrected chi connectivity index (χ2v) is 5.67. The van der Waals surface area contributed by atoms with Gasteiger partial charge in [0.2, 0.25) is 0 Å². The molecule has 2 heterocycles. The lowest BCUT2D eigenvalue weighted by atomic mass is 10.2. The number of carbonyl (C=O) groups is 4. The quantitative estimate of drug-likeness (QED) is 0.841. The van der Waals surface area contributed by atoms with Crippen LogP contribution in [0.25, 0.3) is 0 Å². The van der Waals surface area contributed by atoms with E-state index in [2.05, 4.69) is 5.32 Å². The van der Waals surface area contributed by atoms with Crippen molar-refractivity contribution in [3.05, 3.63) is 21.9 Å². The zero-order valence-corrected chi connectivity index (χ0v) is 12.4. The molecule has 0 aromatic carbocycles. The van der Waals surface area contributed by atoms with E-state index < -0.39 is 23.7 Å². The fourth-order valence-electron chi connectivity index (χ4n) is 1.77. The molecule has 21 heavy (non-hydrogen) atoms. The van der Waals surface area contributed by atoms with Crippen LogP contribution in [-0.4, -0.2) is 34.8 Å². The van der Waals surface area contributed by atoms with Crippen molar-refractivity contribution >= 4 is 35.0 Å². The number of amides is 3. The first kappa shape index (κ1) is 15.2. The lowest BCUT2D eigenvalue weighted by Crippen LogP contribution is -2.33. The fourth-order valence-corrected chi connectivity index (χ4v) is 2.53. The number of hydroxylamine groups is 2. The number of carbonyl (C=O) groups excluding carboxylic acids is 4. The molecule has 1 aliphatic rings. The summed E-state index contributed by atoms with van der Waals surface area (Å²) in [5.74, 6) is -2.41. The van der Waals surface area contributed by atoms with Crippen molar-refractivity contribution < 1.29 is 24.0 Å². The van der Waals surface area contributed by atoms with Crippen LogP contribution >= 0.6 is 11.3 Å². The lowest BCUT2D eigenvalue weighted by Gasteiger charge is -2.13. The van der Waals surface area contributed by atoms with Crippen LogP contribution in [-0.2, 0) is 14.4 Å². The van der Waals surface area contributed by atoms with E-state index in [1.54, 1.807) is 19.2 Å². The molecule has 0 spiro atoms. The van der Waals surface area contributed by atoms with E-state index in [0.29, 0.717) is 5.06 Å². The molecule has 0 atom stereocenters. The van der Waals surface area contributed by atoms with Crippen molar-refractivity contribution in [3.63, 3.8) is 0 Å². The van der Waals surface area contributed by atoms with Crippen molar-refractivity contribution in [1.82, 2.24) is 10.4 Å². The average molecular weight is 310 g/mol. The van der Waals surface area contributed by atoms with Crippen LogP contribution in [0.1, 0.15) is 46.7 Å². The molecular weight excluding hydrogens is 296 g/mol. The summed E-state index contributed by atoms with van der Waals surface area (Å²) in [7, 11) is 0. The van der Waals surface area contributed by atoms with E-state index in [1.807, 2.05) is 0 Å². The van der Waals surface area contributed by atoms with Gasteiger partial charge in [0.05, 0.1) is 5.56 Å². The molecule has 0 bridgehead atoms. The zero-order chi connectivity index (χ0) is 15.6. The largest absolute Gasteiger partial charge is 0.374 e. The smallest absolute Gasteiger partial charge is 0.350 e. The molecular formula is C13H14N2O5S. The Kier molecular flexibility index (Phi) is 4.37. The van der Waals surface area contributed by atoms with Gasteiger partial charge >= 0.3 is 5.97 Å². The highest BCUT2D eigenvalue weighted by molar-refractivity contribution is 7.12. The molecule has 1 N–H and O–H groups in total. The molecule has 1 saturated heterocycles. The van der Waals surface area contributed by atoms with E-state index in [1.165, 1.54) is 6.07 Å². The second-order valence-electron chi connectivity index (χ2n) is 4.75. The molecule has 0 aliphatic carbocycles. The van der Waals surface area contributed by atoms with Gasteiger partial charge in [-0.1, -0.05) is 0 Å². The minimum Gasteiger partial charge on any atom is -0.350 e. The Labute approximate surface area is 124 Å². The highest BCUT2D eigenvalue weighted by Gasteiger charge is 2.34. The summed E-state index contributed by atoms with van der Waals surface area (Å²) in [5, 5.41) is 4.70. The highest BCUT2D eigenvalue weighted by Crippen LogP contribution is 2.21. The topological polar surface area (TPSA) is 92.8 Å². The van der Waals surface area contributed by atoms with Crippen LogP contribution in [0, 0.1) is 0 Å². The van der Waals surface area contributed by atoms with E-state index >= 15 is 0 Å². The highest BCUT2D eigenvalue weighted by atomic mass is 32.1. The summed E-state index contributed by atoms with van der Waals surface area (Å²) in [6.07, 6.45) is 0.0501. The normalized spacial score (nSPS) is 14.7. The Morgan fingerprint density at radius 2 is 1.90 bits per heavy atom. The second kappa shape index (κ2) is 6.04.